The van der Waals surface area contributed by atoms with Crippen molar-refractivity contribution >= 4 is 35.1 Å². The average molecular weight is 408 g/mol. The van der Waals surface area contributed by atoms with E-state index >= 15 is 0 Å². The van der Waals surface area contributed by atoms with E-state index in [-0.39, 0.29) is 17.5 Å². The smallest absolute Gasteiger partial charge is 0.293 e. The van der Waals surface area contributed by atoms with Crippen LogP contribution in [0.4, 0.5) is 4.79 Å². The van der Waals surface area contributed by atoms with Crippen molar-refractivity contribution in [3.63, 3.8) is 0 Å². The van der Waals surface area contributed by atoms with E-state index in [1.54, 1.807) is 24.3 Å². The molecule has 1 aromatic rings. The zero-order chi connectivity index (χ0) is 18.8. The molecule has 5 fully saturated rings. The zero-order valence-electron chi connectivity index (χ0n) is 15.0. The van der Waals surface area contributed by atoms with E-state index in [9.17, 15) is 9.59 Å². The van der Waals surface area contributed by atoms with Gasteiger partial charge in [0.2, 0.25) is 0 Å². The van der Waals surface area contributed by atoms with Crippen LogP contribution in [0, 0.1) is 17.8 Å². The first kappa shape index (κ1) is 17.6. The highest BCUT2D eigenvalue weighted by Gasteiger charge is 2.60. The van der Waals surface area contributed by atoms with Gasteiger partial charge in [0.25, 0.3) is 5.91 Å². The van der Waals surface area contributed by atoms with Gasteiger partial charge >= 0.3 is 6.03 Å². The van der Waals surface area contributed by atoms with E-state index in [2.05, 4.69) is 5.43 Å². The maximum Gasteiger partial charge on any atom is 0.338 e. The third kappa shape index (κ3) is 2.73. The maximum absolute atomic E-state index is 13.1. The lowest BCUT2D eigenvalue weighted by Crippen LogP contribution is -2.64. The van der Waals surface area contributed by atoms with Crippen LogP contribution in [0.1, 0.15) is 48.9 Å². The molecular weight excluding hydrogens is 385 g/mol. The molecular formula is C20H23Cl2N3O2. The van der Waals surface area contributed by atoms with E-state index in [0.29, 0.717) is 23.3 Å². The van der Waals surface area contributed by atoms with Crippen molar-refractivity contribution in [2.75, 3.05) is 0 Å². The number of nitrogens with zero attached hydrogens (tertiary/aromatic N) is 2. The molecule has 0 spiro atoms. The molecule has 27 heavy (non-hydrogen) atoms. The molecule has 1 saturated heterocycles. The molecule has 4 aliphatic carbocycles. The lowest BCUT2D eigenvalue weighted by molar-refractivity contribution is -0.0847. The number of nitrogens with one attached hydrogen (secondary N) is 1. The Kier molecular flexibility index (Phi) is 4.10. The Balaban J connectivity index is 1.50. The molecule has 1 aromatic carbocycles. The van der Waals surface area contributed by atoms with Gasteiger partial charge in [-0.2, -0.15) is 0 Å². The van der Waals surface area contributed by atoms with Crippen LogP contribution in [0.2, 0.25) is 0 Å². The molecule has 4 saturated carbocycles. The Morgan fingerprint density at radius 3 is 2.11 bits per heavy atom. The Bertz CT molecular complexity index is 734. The molecule has 4 bridgehead atoms. The van der Waals surface area contributed by atoms with Crippen LogP contribution in [0.3, 0.4) is 0 Å². The Morgan fingerprint density at radius 1 is 1.04 bits per heavy atom. The Labute approximate surface area is 168 Å². The molecule has 5 aliphatic rings. The van der Waals surface area contributed by atoms with Crippen LogP contribution < -0.4 is 5.43 Å². The summed E-state index contributed by atoms with van der Waals surface area (Å²) >= 11 is 12.7. The Morgan fingerprint density at radius 2 is 1.59 bits per heavy atom. The zero-order valence-corrected chi connectivity index (χ0v) is 16.5. The van der Waals surface area contributed by atoms with Crippen LogP contribution in [0.5, 0.6) is 0 Å². The lowest BCUT2D eigenvalue weighted by atomic mass is 9.52. The second-order valence-corrected chi connectivity index (χ2v) is 9.88. The van der Waals surface area contributed by atoms with Crippen LogP contribution >= 0.6 is 23.2 Å². The van der Waals surface area contributed by atoms with Gasteiger partial charge in [0, 0.05) is 11.1 Å². The number of benzene rings is 1. The van der Waals surface area contributed by atoms with Gasteiger partial charge in [-0.1, -0.05) is 18.2 Å². The summed E-state index contributed by atoms with van der Waals surface area (Å²) in [6.45, 7) is 0. The predicted octanol–water partition coefficient (Wildman–Crippen LogP) is 4.17. The minimum Gasteiger partial charge on any atom is -0.293 e. The molecule has 5 nitrogen and oxygen atoms in total. The normalized spacial score (nSPS) is 37.2. The second-order valence-electron chi connectivity index (χ2n) is 8.72. The summed E-state index contributed by atoms with van der Waals surface area (Å²) in [5.41, 5.74) is 3.04. The summed E-state index contributed by atoms with van der Waals surface area (Å²) in [7, 11) is 0. The molecule has 1 heterocycles. The minimum absolute atomic E-state index is 0.225. The number of urea groups is 1. The minimum atomic E-state index is -0.885. The van der Waals surface area contributed by atoms with Crippen LogP contribution in [0.15, 0.2) is 30.3 Å². The molecule has 1 atom stereocenters. The number of carbonyl (C=O) groups is 2. The quantitative estimate of drug-likeness (QED) is 0.764. The highest BCUT2D eigenvalue weighted by molar-refractivity contribution is 6.45. The maximum atomic E-state index is 13.1. The molecule has 144 valence electrons. The van der Waals surface area contributed by atoms with Crippen molar-refractivity contribution in [2.24, 2.45) is 17.8 Å². The number of alkyl halides is 2. The van der Waals surface area contributed by atoms with Crippen molar-refractivity contribution in [3.8, 4) is 0 Å². The van der Waals surface area contributed by atoms with E-state index in [1.807, 2.05) is 11.0 Å². The van der Waals surface area contributed by atoms with Crippen LogP contribution in [0.25, 0.3) is 0 Å². The van der Waals surface area contributed by atoms with E-state index in [0.717, 1.165) is 19.3 Å². The van der Waals surface area contributed by atoms with Crippen molar-refractivity contribution in [1.82, 2.24) is 15.3 Å². The molecule has 7 heteroatoms. The Hall–Kier alpha value is -1.46. The monoisotopic (exact) mass is 407 g/mol. The summed E-state index contributed by atoms with van der Waals surface area (Å²) in [6.07, 6.45) is 6.13. The van der Waals surface area contributed by atoms with Gasteiger partial charge in [-0.05, 0) is 68.4 Å². The second kappa shape index (κ2) is 6.28. The van der Waals surface area contributed by atoms with Crippen molar-refractivity contribution in [1.29, 1.82) is 0 Å². The number of hydrogen-bond acceptors (Lipinski definition) is 2. The van der Waals surface area contributed by atoms with Gasteiger partial charge in [0.15, 0.2) is 6.17 Å². The fourth-order valence-electron chi connectivity index (χ4n) is 6.43. The number of rotatable bonds is 3. The van der Waals surface area contributed by atoms with Gasteiger partial charge < -0.3 is 0 Å². The molecule has 1 N–H and O–H groups in total. The first-order valence-corrected chi connectivity index (χ1v) is 10.6. The third-order valence-corrected chi connectivity index (χ3v) is 7.40. The molecule has 1 unspecified atom stereocenters. The largest absolute Gasteiger partial charge is 0.338 e. The summed E-state index contributed by atoms with van der Waals surface area (Å²) in [5, 5.41) is 1.33. The van der Waals surface area contributed by atoms with Gasteiger partial charge in [-0.15, -0.1) is 23.2 Å². The third-order valence-electron chi connectivity index (χ3n) is 6.95. The highest BCUT2D eigenvalue weighted by atomic mass is 35.5. The number of halogens is 2. The molecule has 1 aliphatic heterocycles. The van der Waals surface area contributed by atoms with Crippen molar-refractivity contribution in [2.45, 2.75) is 55.1 Å². The first-order valence-electron chi connectivity index (χ1n) is 9.73. The van der Waals surface area contributed by atoms with E-state index in [4.69, 9.17) is 23.2 Å². The highest BCUT2D eigenvalue weighted by Crippen LogP contribution is 2.59. The lowest BCUT2D eigenvalue weighted by Gasteiger charge is -2.60. The van der Waals surface area contributed by atoms with Crippen molar-refractivity contribution < 1.29 is 9.59 Å². The van der Waals surface area contributed by atoms with Gasteiger partial charge in [0.1, 0.15) is 4.84 Å². The van der Waals surface area contributed by atoms with Gasteiger partial charge in [0.05, 0.1) is 0 Å². The number of hydrogen-bond donors (Lipinski definition) is 1. The molecule has 3 amide bonds. The topological polar surface area (TPSA) is 52.7 Å². The fraction of sp³-hybridized carbons (Fsp3) is 0.600. The van der Waals surface area contributed by atoms with Crippen molar-refractivity contribution in [3.05, 3.63) is 35.9 Å². The van der Waals surface area contributed by atoms with Crippen LogP contribution in [-0.4, -0.2) is 38.4 Å². The molecule has 0 radical (unpaired) electrons. The summed E-state index contributed by atoms with van der Waals surface area (Å²) in [4.78, 5) is 27.0. The number of amides is 3. The predicted molar refractivity (Wildman–Crippen MR) is 103 cm³/mol. The summed E-state index contributed by atoms with van der Waals surface area (Å²) < 4.78 is 0. The fourth-order valence-corrected chi connectivity index (χ4v) is 6.88. The average Bonchev–Trinajstić information content (AvgIpc) is 2.99. The van der Waals surface area contributed by atoms with E-state index in [1.165, 1.54) is 24.3 Å². The number of carbonyl (C=O) groups excluding carboxylic acids is 2. The number of hydrazine groups is 1. The first-order chi connectivity index (χ1) is 13.0. The standard InChI is InChI=1S/C20H23Cl2N3O2/c21-16(22)17-24(20-9-12-6-13(10-20)8-14(7-12)11-20)19(27)23-25(17)18(26)15-4-2-1-3-5-15/h1-5,12-14,16-17H,6-11H2,(H,23,27). The van der Waals surface area contributed by atoms with Gasteiger partial charge in [-0.25, -0.2) is 15.2 Å². The van der Waals surface area contributed by atoms with Gasteiger partial charge in [-0.3, -0.25) is 9.69 Å². The summed E-state index contributed by atoms with van der Waals surface area (Å²) in [5.74, 6) is 1.74. The SMILES string of the molecule is O=C(c1ccccc1)N1NC(=O)N(C23CC4CC(CC(C4)C2)C3)C1C(Cl)Cl. The van der Waals surface area contributed by atoms with Crippen LogP contribution in [-0.2, 0) is 0 Å². The van der Waals surface area contributed by atoms with E-state index < -0.39 is 11.0 Å². The molecule has 6 rings (SSSR count). The summed E-state index contributed by atoms with van der Waals surface area (Å²) in [6, 6.07) is 8.67. The molecule has 0 aromatic heterocycles.